The number of anilines is 1. The largest absolute Gasteiger partial charge is 0.455 e. The molecular formula is C15H11F3N2O. The summed E-state index contributed by atoms with van der Waals surface area (Å²) in [5, 5.41) is 8.84. The highest BCUT2D eigenvalue weighted by Gasteiger charge is 2.31. The van der Waals surface area contributed by atoms with Crippen molar-refractivity contribution in [1.29, 1.82) is 5.26 Å². The smallest absolute Gasteiger partial charge is 0.416 e. The molecule has 0 saturated carbocycles. The Balaban J connectivity index is 2.35. The van der Waals surface area contributed by atoms with Gasteiger partial charge < -0.3 is 10.5 Å². The highest BCUT2D eigenvalue weighted by atomic mass is 19.4. The second-order valence-corrected chi connectivity index (χ2v) is 4.44. The summed E-state index contributed by atoms with van der Waals surface area (Å²) in [6, 6.07) is 9.66. The van der Waals surface area contributed by atoms with Crippen molar-refractivity contribution in [2.75, 3.05) is 5.73 Å². The summed E-state index contributed by atoms with van der Waals surface area (Å²) >= 11 is 0. The number of hydrogen-bond acceptors (Lipinski definition) is 3. The lowest BCUT2D eigenvalue weighted by Crippen LogP contribution is -2.06. The number of nitriles is 1. The van der Waals surface area contributed by atoms with E-state index in [0.29, 0.717) is 11.3 Å². The molecule has 0 spiro atoms. The molecular weight excluding hydrogens is 281 g/mol. The van der Waals surface area contributed by atoms with Crippen molar-refractivity contribution >= 4 is 5.69 Å². The molecule has 0 radical (unpaired) electrons. The summed E-state index contributed by atoms with van der Waals surface area (Å²) in [4.78, 5) is 0. The van der Waals surface area contributed by atoms with E-state index in [1.807, 2.05) is 6.07 Å². The van der Waals surface area contributed by atoms with Gasteiger partial charge in [-0.3, -0.25) is 0 Å². The van der Waals surface area contributed by atoms with E-state index < -0.39 is 11.7 Å². The van der Waals surface area contributed by atoms with Crippen molar-refractivity contribution in [3.63, 3.8) is 0 Å². The number of rotatable bonds is 2. The van der Waals surface area contributed by atoms with Crippen LogP contribution in [0, 0.1) is 18.3 Å². The fraction of sp³-hybridized carbons (Fsp3) is 0.133. The van der Waals surface area contributed by atoms with Crippen LogP contribution in [-0.2, 0) is 6.18 Å². The number of halogens is 3. The van der Waals surface area contributed by atoms with Gasteiger partial charge in [0.2, 0.25) is 0 Å². The van der Waals surface area contributed by atoms with E-state index in [2.05, 4.69) is 0 Å². The molecule has 2 N–H and O–H groups in total. The molecule has 0 aliphatic heterocycles. The third-order valence-corrected chi connectivity index (χ3v) is 2.87. The average Bonchev–Trinajstić information content (AvgIpc) is 2.42. The van der Waals surface area contributed by atoms with Gasteiger partial charge >= 0.3 is 6.18 Å². The molecule has 0 aliphatic rings. The third kappa shape index (κ3) is 3.26. The van der Waals surface area contributed by atoms with Crippen molar-refractivity contribution < 1.29 is 17.9 Å². The second-order valence-electron chi connectivity index (χ2n) is 4.44. The summed E-state index contributed by atoms with van der Waals surface area (Å²) in [5.74, 6) is 0.488. The Morgan fingerprint density at radius 3 is 2.38 bits per heavy atom. The summed E-state index contributed by atoms with van der Waals surface area (Å²) in [6.45, 7) is 1.76. The Bertz CT molecular complexity index is 718. The Labute approximate surface area is 119 Å². The predicted molar refractivity (Wildman–Crippen MR) is 71.8 cm³/mol. The summed E-state index contributed by atoms with van der Waals surface area (Å²) < 4.78 is 43.2. The minimum atomic E-state index is -4.46. The Morgan fingerprint density at radius 2 is 1.81 bits per heavy atom. The van der Waals surface area contributed by atoms with Gasteiger partial charge in [-0.25, -0.2) is 0 Å². The second kappa shape index (κ2) is 5.37. The van der Waals surface area contributed by atoms with Crippen molar-refractivity contribution in [3.8, 4) is 17.6 Å². The van der Waals surface area contributed by atoms with Crippen LogP contribution in [0.5, 0.6) is 11.5 Å². The lowest BCUT2D eigenvalue weighted by atomic mass is 10.1. The summed E-state index contributed by atoms with van der Waals surface area (Å²) in [6.07, 6.45) is -4.46. The van der Waals surface area contributed by atoms with Crippen LogP contribution in [0.4, 0.5) is 18.9 Å². The molecule has 0 heterocycles. The molecule has 0 bridgehead atoms. The van der Waals surface area contributed by atoms with E-state index in [1.54, 1.807) is 19.1 Å². The maximum Gasteiger partial charge on any atom is 0.416 e. The molecule has 2 aromatic rings. The number of nitrogens with zero attached hydrogens (tertiary/aromatic N) is 1. The van der Waals surface area contributed by atoms with E-state index in [-0.39, 0.29) is 11.4 Å². The topological polar surface area (TPSA) is 59.0 Å². The molecule has 0 aliphatic carbocycles. The van der Waals surface area contributed by atoms with Gasteiger partial charge in [-0.2, -0.15) is 18.4 Å². The van der Waals surface area contributed by atoms with Crippen LogP contribution in [0.2, 0.25) is 0 Å². The third-order valence-electron chi connectivity index (χ3n) is 2.87. The monoisotopic (exact) mass is 292 g/mol. The minimum Gasteiger partial charge on any atom is -0.455 e. The fourth-order valence-corrected chi connectivity index (χ4v) is 1.72. The summed E-state index contributed by atoms with van der Waals surface area (Å²) in [5.41, 5.74) is 5.77. The first-order valence-corrected chi connectivity index (χ1v) is 5.96. The van der Waals surface area contributed by atoms with Crippen LogP contribution in [0.3, 0.4) is 0 Å². The first-order valence-electron chi connectivity index (χ1n) is 5.96. The number of alkyl halides is 3. The SMILES string of the molecule is Cc1ccc(C#N)cc1Oc1ccc(C(F)(F)F)cc1N. The predicted octanol–water partition coefficient (Wildman–Crippen LogP) is 4.26. The van der Waals surface area contributed by atoms with Crippen LogP contribution < -0.4 is 10.5 Å². The number of hydrogen-bond donors (Lipinski definition) is 1. The fourth-order valence-electron chi connectivity index (χ4n) is 1.72. The zero-order chi connectivity index (χ0) is 15.6. The van der Waals surface area contributed by atoms with Gasteiger partial charge in [-0.1, -0.05) is 6.07 Å². The van der Waals surface area contributed by atoms with Crippen LogP contribution >= 0.6 is 0 Å². The Hall–Kier alpha value is -2.68. The van der Waals surface area contributed by atoms with E-state index in [0.717, 1.165) is 23.8 Å². The molecule has 0 unspecified atom stereocenters. The van der Waals surface area contributed by atoms with E-state index in [9.17, 15) is 13.2 Å². The molecule has 0 amide bonds. The van der Waals surface area contributed by atoms with Crippen molar-refractivity contribution in [3.05, 3.63) is 53.1 Å². The van der Waals surface area contributed by atoms with Crippen LogP contribution in [0.25, 0.3) is 0 Å². The van der Waals surface area contributed by atoms with Crippen molar-refractivity contribution in [2.24, 2.45) is 0 Å². The maximum absolute atomic E-state index is 12.6. The molecule has 3 nitrogen and oxygen atoms in total. The standard InChI is InChI=1S/C15H11F3N2O/c1-9-2-3-10(8-19)6-14(9)21-13-5-4-11(7-12(13)20)15(16,17)18/h2-7H,20H2,1H3. The lowest BCUT2D eigenvalue weighted by Gasteiger charge is -2.13. The quantitative estimate of drug-likeness (QED) is 0.841. The van der Waals surface area contributed by atoms with Gasteiger partial charge in [0.1, 0.15) is 11.5 Å². The summed E-state index contributed by atoms with van der Waals surface area (Å²) in [7, 11) is 0. The lowest BCUT2D eigenvalue weighted by molar-refractivity contribution is -0.137. The van der Waals surface area contributed by atoms with Gasteiger partial charge in [-0.05, 0) is 42.8 Å². The first-order chi connectivity index (χ1) is 9.81. The molecule has 6 heteroatoms. The number of nitrogens with two attached hydrogens (primary N) is 1. The zero-order valence-corrected chi connectivity index (χ0v) is 11.0. The van der Waals surface area contributed by atoms with E-state index in [4.69, 9.17) is 15.7 Å². The molecule has 0 saturated heterocycles. The average molecular weight is 292 g/mol. The van der Waals surface area contributed by atoms with Gasteiger partial charge in [0, 0.05) is 0 Å². The number of ether oxygens (including phenoxy) is 1. The van der Waals surface area contributed by atoms with Crippen LogP contribution in [-0.4, -0.2) is 0 Å². The highest BCUT2D eigenvalue weighted by Crippen LogP contribution is 2.36. The molecule has 2 aromatic carbocycles. The van der Waals surface area contributed by atoms with Gasteiger partial charge in [0.15, 0.2) is 0 Å². The Morgan fingerprint density at radius 1 is 1.10 bits per heavy atom. The molecule has 2 rings (SSSR count). The van der Waals surface area contributed by atoms with Gasteiger partial charge in [0.25, 0.3) is 0 Å². The highest BCUT2D eigenvalue weighted by molar-refractivity contribution is 5.57. The maximum atomic E-state index is 12.6. The first kappa shape index (κ1) is 14.7. The van der Waals surface area contributed by atoms with Crippen LogP contribution in [0.15, 0.2) is 36.4 Å². The van der Waals surface area contributed by atoms with E-state index in [1.165, 1.54) is 6.07 Å². The molecule has 0 fully saturated rings. The van der Waals surface area contributed by atoms with Crippen LogP contribution in [0.1, 0.15) is 16.7 Å². The molecule has 0 aromatic heterocycles. The van der Waals surface area contributed by atoms with Gasteiger partial charge in [0.05, 0.1) is 22.9 Å². The normalized spacial score (nSPS) is 11.0. The number of aryl methyl sites for hydroxylation is 1. The Kier molecular flexibility index (Phi) is 3.76. The van der Waals surface area contributed by atoms with Crippen molar-refractivity contribution in [1.82, 2.24) is 0 Å². The van der Waals surface area contributed by atoms with Crippen molar-refractivity contribution in [2.45, 2.75) is 13.1 Å². The molecule has 108 valence electrons. The van der Waals surface area contributed by atoms with Gasteiger partial charge in [-0.15, -0.1) is 0 Å². The number of benzene rings is 2. The van der Waals surface area contributed by atoms with E-state index >= 15 is 0 Å². The minimum absolute atomic E-state index is 0.112. The zero-order valence-electron chi connectivity index (χ0n) is 11.0. The number of nitrogen functional groups attached to an aromatic ring is 1. The molecule has 0 atom stereocenters. The molecule has 21 heavy (non-hydrogen) atoms.